The molecule has 0 aliphatic heterocycles. The molecule has 3 aromatic rings. The van der Waals surface area contributed by atoms with Crippen LogP contribution in [0.5, 0.6) is 0 Å². The average molecular weight is 471 g/mol. The lowest BCUT2D eigenvalue weighted by molar-refractivity contribution is -0.140. The fraction of sp³-hybridized carbons (Fsp3) is 0.385. The topological polar surface area (TPSA) is 57.3 Å². The van der Waals surface area contributed by atoms with Crippen LogP contribution in [0.1, 0.15) is 47.3 Å². The van der Waals surface area contributed by atoms with E-state index < -0.39 is 11.9 Å². The molecule has 180 valence electrons. The Morgan fingerprint density at radius 1 is 1.00 bits per heavy atom. The zero-order chi connectivity index (χ0) is 24.5. The Bertz CT molecular complexity index is 1180. The normalized spacial score (nSPS) is 18.5. The molecule has 5 nitrogen and oxygen atoms in total. The number of anilines is 2. The Labute approximate surface area is 197 Å². The highest BCUT2D eigenvalue weighted by atomic mass is 19.4. The molecule has 0 spiro atoms. The molecule has 4 rings (SSSR count). The number of benzene rings is 2. The van der Waals surface area contributed by atoms with Gasteiger partial charge in [0.1, 0.15) is 5.69 Å². The van der Waals surface area contributed by atoms with Crippen molar-refractivity contribution in [3.8, 4) is 0 Å². The quantitative estimate of drug-likeness (QED) is 0.496. The van der Waals surface area contributed by atoms with Gasteiger partial charge in [-0.05, 0) is 68.5 Å². The van der Waals surface area contributed by atoms with Crippen LogP contribution in [0.15, 0.2) is 48.5 Å². The Hall–Kier alpha value is -3.29. The molecule has 1 amide bonds. The molecule has 1 fully saturated rings. The SMILES string of the molecule is Cc1cc(C(=O)NC2CCC(Nc3cc(C(F)(F)F)nc4ccccc34)CC2)ccc1N(C)C. The van der Waals surface area contributed by atoms with Crippen LogP contribution in [0.3, 0.4) is 0 Å². The van der Waals surface area contributed by atoms with E-state index in [1.54, 1.807) is 24.3 Å². The molecular formula is C26H29F3N4O. The molecule has 0 bridgehead atoms. The van der Waals surface area contributed by atoms with Crippen LogP contribution in [0.2, 0.25) is 0 Å². The zero-order valence-electron chi connectivity index (χ0n) is 19.5. The van der Waals surface area contributed by atoms with Crippen molar-refractivity contribution >= 4 is 28.2 Å². The number of rotatable bonds is 5. The van der Waals surface area contributed by atoms with Gasteiger partial charge in [-0.2, -0.15) is 13.2 Å². The number of pyridine rings is 1. The molecule has 1 aliphatic carbocycles. The summed E-state index contributed by atoms with van der Waals surface area (Å²) in [4.78, 5) is 18.5. The number of fused-ring (bicyclic) bond motifs is 1. The van der Waals surface area contributed by atoms with E-state index in [2.05, 4.69) is 15.6 Å². The fourth-order valence-corrected chi connectivity index (χ4v) is 4.61. The van der Waals surface area contributed by atoms with Gasteiger partial charge in [-0.15, -0.1) is 0 Å². The number of hydrogen-bond donors (Lipinski definition) is 2. The van der Waals surface area contributed by atoms with Crippen molar-refractivity contribution in [3.63, 3.8) is 0 Å². The summed E-state index contributed by atoms with van der Waals surface area (Å²) in [5.74, 6) is -0.0974. The summed E-state index contributed by atoms with van der Waals surface area (Å²) in [5.41, 5.74) is 2.60. The third-order valence-corrected chi connectivity index (χ3v) is 6.37. The largest absolute Gasteiger partial charge is 0.433 e. The predicted molar refractivity (Wildman–Crippen MR) is 129 cm³/mol. The summed E-state index contributed by atoms with van der Waals surface area (Å²) >= 11 is 0. The highest BCUT2D eigenvalue weighted by Crippen LogP contribution is 2.34. The number of carbonyl (C=O) groups is 1. The maximum atomic E-state index is 13.3. The summed E-state index contributed by atoms with van der Waals surface area (Å²) in [5, 5.41) is 7.09. The number of aryl methyl sites for hydroxylation is 1. The molecule has 1 saturated carbocycles. The van der Waals surface area contributed by atoms with Gasteiger partial charge in [-0.1, -0.05) is 18.2 Å². The summed E-state index contributed by atoms with van der Waals surface area (Å²) < 4.78 is 40.0. The van der Waals surface area contributed by atoms with E-state index in [1.165, 1.54) is 0 Å². The van der Waals surface area contributed by atoms with E-state index in [-0.39, 0.29) is 18.0 Å². The fourth-order valence-electron chi connectivity index (χ4n) is 4.61. The van der Waals surface area contributed by atoms with E-state index in [9.17, 15) is 18.0 Å². The maximum absolute atomic E-state index is 13.3. The van der Waals surface area contributed by atoms with Crippen LogP contribution in [-0.2, 0) is 6.18 Å². The second-order valence-corrected chi connectivity index (χ2v) is 9.13. The third-order valence-electron chi connectivity index (χ3n) is 6.37. The van der Waals surface area contributed by atoms with Gasteiger partial charge in [0.2, 0.25) is 0 Å². The Balaban J connectivity index is 1.40. The molecule has 0 saturated heterocycles. The second kappa shape index (κ2) is 9.52. The second-order valence-electron chi connectivity index (χ2n) is 9.13. The number of amides is 1. The summed E-state index contributed by atoms with van der Waals surface area (Å²) in [6.45, 7) is 1.98. The number of nitrogens with zero attached hydrogens (tertiary/aromatic N) is 2. The van der Waals surface area contributed by atoms with E-state index in [0.717, 1.165) is 43.0 Å². The molecule has 8 heteroatoms. The van der Waals surface area contributed by atoms with E-state index in [4.69, 9.17) is 0 Å². The van der Waals surface area contributed by atoms with Gasteiger partial charge in [0, 0.05) is 48.5 Å². The number of aromatic nitrogens is 1. The van der Waals surface area contributed by atoms with Gasteiger partial charge in [0.25, 0.3) is 5.91 Å². The standard InChI is InChI=1S/C26H29F3N4O/c1-16-14-17(8-13-23(16)33(2)3)25(34)31-19-11-9-18(10-12-19)30-22-15-24(26(27,28)29)32-21-7-5-4-6-20(21)22/h4-8,13-15,18-19H,9-12H2,1-3H3,(H,30,32)(H,31,34). The first-order chi connectivity index (χ1) is 16.1. The number of carbonyl (C=O) groups excluding carboxylic acids is 1. The lowest BCUT2D eigenvalue weighted by atomic mass is 9.90. The van der Waals surface area contributed by atoms with Crippen LogP contribution < -0.4 is 15.5 Å². The summed E-state index contributed by atoms with van der Waals surface area (Å²) in [6, 6.07) is 13.7. The monoisotopic (exact) mass is 470 g/mol. The van der Waals surface area contributed by atoms with Crippen LogP contribution in [-0.4, -0.2) is 37.1 Å². The summed E-state index contributed by atoms with van der Waals surface area (Å²) in [6.07, 6.45) is -1.49. The number of hydrogen-bond acceptors (Lipinski definition) is 4. The minimum Gasteiger partial charge on any atom is -0.382 e. The van der Waals surface area contributed by atoms with Gasteiger partial charge in [0.15, 0.2) is 0 Å². The molecule has 0 radical (unpaired) electrons. The van der Waals surface area contributed by atoms with Crippen molar-refractivity contribution in [2.45, 2.75) is 50.9 Å². The van der Waals surface area contributed by atoms with Gasteiger partial charge in [-0.25, -0.2) is 4.98 Å². The smallest absolute Gasteiger partial charge is 0.382 e. The molecule has 0 unspecified atom stereocenters. The Morgan fingerprint density at radius 2 is 1.68 bits per heavy atom. The van der Waals surface area contributed by atoms with Gasteiger partial charge in [-0.3, -0.25) is 4.79 Å². The van der Waals surface area contributed by atoms with Crippen LogP contribution in [0.25, 0.3) is 10.9 Å². The Kier molecular flexibility index (Phi) is 6.68. The van der Waals surface area contributed by atoms with Gasteiger partial charge in [0.05, 0.1) is 5.52 Å². The highest BCUT2D eigenvalue weighted by Gasteiger charge is 2.34. The molecule has 1 aliphatic rings. The van der Waals surface area contributed by atoms with E-state index >= 15 is 0 Å². The maximum Gasteiger partial charge on any atom is 0.433 e. The van der Waals surface area contributed by atoms with Crippen molar-refractivity contribution in [2.24, 2.45) is 0 Å². The lowest BCUT2D eigenvalue weighted by Crippen LogP contribution is -2.40. The van der Waals surface area contributed by atoms with Crippen molar-refractivity contribution in [2.75, 3.05) is 24.3 Å². The molecular weight excluding hydrogens is 441 g/mol. The van der Waals surface area contributed by atoms with Gasteiger partial charge < -0.3 is 15.5 Å². The number of nitrogens with one attached hydrogen (secondary N) is 2. The number of halogens is 3. The minimum atomic E-state index is -4.51. The zero-order valence-corrected chi connectivity index (χ0v) is 19.5. The predicted octanol–water partition coefficient (Wildman–Crippen LogP) is 5.78. The molecule has 1 aromatic heterocycles. The number of para-hydroxylation sites is 1. The first-order valence-corrected chi connectivity index (χ1v) is 11.4. The number of alkyl halides is 3. The van der Waals surface area contributed by atoms with Crippen LogP contribution in [0, 0.1) is 6.92 Å². The van der Waals surface area contributed by atoms with Gasteiger partial charge >= 0.3 is 6.18 Å². The Morgan fingerprint density at radius 3 is 2.32 bits per heavy atom. The third kappa shape index (κ3) is 5.26. The first kappa shape index (κ1) is 23.9. The molecule has 0 atom stereocenters. The highest BCUT2D eigenvalue weighted by molar-refractivity contribution is 5.95. The van der Waals surface area contributed by atoms with Crippen LogP contribution >= 0.6 is 0 Å². The van der Waals surface area contributed by atoms with E-state index in [0.29, 0.717) is 22.2 Å². The first-order valence-electron chi connectivity index (χ1n) is 11.4. The lowest BCUT2D eigenvalue weighted by Gasteiger charge is -2.31. The molecule has 2 N–H and O–H groups in total. The van der Waals surface area contributed by atoms with Crippen molar-refractivity contribution in [1.82, 2.24) is 10.3 Å². The molecule has 2 aromatic carbocycles. The van der Waals surface area contributed by atoms with Crippen molar-refractivity contribution < 1.29 is 18.0 Å². The summed E-state index contributed by atoms with van der Waals surface area (Å²) in [7, 11) is 3.93. The van der Waals surface area contributed by atoms with Crippen molar-refractivity contribution in [1.29, 1.82) is 0 Å². The van der Waals surface area contributed by atoms with Crippen molar-refractivity contribution in [3.05, 3.63) is 65.4 Å². The van der Waals surface area contributed by atoms with Crippen LogP contribution in [0.4, 0.5) is 24.5 Å². The average Bonchev–Trinajstić information content (AvgIpc) is 2.79. The minimum absolute atomic E-state index is 0.0293. The molecule has 1 heterocycles. The van der Waals surface area contributed by atoms with E-state index in [1.807, 2.05) is 44.1 Å². The molecule has 34 heavy (non-hydrogen) atoms.